The van der Waals surface area contributed by atoms with Gasteiger partial charge in [0.2, 0.25) is 15.9 Å². The van der Waals surface area contributed by atoms with Crippen LogP contribution in [0.25, 0.3) is 6.08 Å². The summed E-state index contributed by atoms with van der Waals surface area (Å²) in [5.41, 5.74) is 0.746. The molecule has 4 rings (SSSR count). The number of hydrogen-bond donors (Lipinski definition) is 0. The van der Waals surface area contributed by atoms with Gasteiger partial charge < -0.3 is 9.32 Å². The number of furan rings is 1. The fourth-order valence-corrected chi connectivity index (χ4v) is 4.80. The molecule has 2 fully saturated rings. The lowest BCUT2D eigenvalue weighted by Crippen LogP contribution is -2.52. The lowest BCUT2D eigenvalue weighted by Gasteiger charge is -2.33. The molecule has 2 aliphatic heterocycles. The Balaban J connectivity index is 1.33. The van der Waals surface area contributed by atoms with Crippen LogP contribution < -0.4 is 0 Å². The van der Waals surface area contributed by atoms with Crippen LogP contribution in [0.4, 0.5) is 4.79 Å². The predicted molar refractivity (Wildman–Crippen MR) is 119 cm³/mol. The van der Waals surface area contributed by atoms with Gasteiger partial charge in [-0.15, -0.1) is 0 Å². The minimum Gasteiger partial charge on any atom is -0.467 e. The zero-order valence-corrected chi connectivity index (χ0v) is 18.9. The van der Waals surface area contributed by atoms with Crippen LogP contribution in [-0.2, 0) is 31.0 Å². The zero-order chi connectivity index (χ0) is 24.3. The van der Waals surface area contributed by atoms with Gasteiger partial charge in [-0.25, -0.2) is 23.0 Å². The molecule has 0 atom stereocenters. The first-order valence-corrected chi connectivity index (χ1v) is 12.0. The largest absolute Gasteiger partial charge is 0.467 e. The average Bonchev–Trinajstić information content (AvgIpc) is 3.43. The van der Waals surface area contributed by atoms with E-state index in [9.17, 15) is 27.6 Å². The van der Waals surface area contributed by atoms with Crippen molar-refractivity contribution in [1.82, 2.24) is 19.0 Å². The Kier molecular flexibility index (Phi) is 6.61. The summed E-state index contributed by atoms with van der Waals surface area (Å²) in [6.07, 6.45) is 2.88. The molecule has 0 bridgehead atoms. The van der Waals surface area contributed by atoms with Gasteiger partial charge in [0.25, 0.3) is 0 Å². The van der Waals surface area contributed by atoms with E-state index in [1.807, 2.05) is 6.07 Å². The van der Waals surface area contributed by atoms with Crippen molar-refractivity contribution in [2.75, 3.05) is 32.7 Å². The van der Waals surface area contributed by atoms with E-state index in [0.29, 0.717) is 10.7 Å². The Morgan fingerprint density at radius 2 is 1.59 bits per heavy atom. The van der Waals surface area contributed by atoms with Crippen LogP contribution in [0.15, 0.2) is 58.6 Å². The molecule has 1 aromatic heterocycles. The molecule has 0 N–H and O–H groups in total. The Morgan fingerprint density at radius 1 is 0.912 bits per heavy atom. The predicted octanol–water partition coefficient (Wildman–Crippen LogP) is 0.715. The van der Waals surface area contributed by atoms with Gasteiger partial charge >= 0.3 is 17.8 Å². The topological polar surface area (TPSA) is 129 Å². The minimum atomic E-state index is -3.67. The van der Waals surface area contributed by atoms with Crippen LogP contribution >= 0.6 is 0 Å². The van der Waals surface area contributed by atoms with Crippen molar-refractivity contribution in [3.63, 3.8) is 0 Å². The molecule has 0 radical (unpaired) electrons. The number of imide groups is 2. The number of urea groups is 1. The third-order valence-electron chi connectivity index (χ3n) is 5.51. The summed E-state index contributed by atoms with van der Waals surface area (Å²) in [5.74, 6) is -2.35. The molecule has 2 aliphatic rings. The minimum absolute atomic E-state index is 0.0681. The summed E-state index contributed by atoms with van der Waals surface area (Å²) in [6.45, 7) is -0.487. The van der Waals surface area contributed by atoms with Crippen LogP contribution in [0, 0.1) is 0 Å². The van der Waals surface area contributed by atoms with Gasteiger partial charge in [-0.3, -0.25) is 14.4 Å². The van der Waals surface area contributed by atoms with E-state index in [4.69, 9.17) is 4.42 Å². The number of carbonyl (C=O) groups is 4. The highest BCUT2D eigenvalue weighted by Crippen LogP contribution is 2.17. The molecule has 0 unspecified atom stereocenters. The summed E-state index contributed by atoms with van der Waals surface area (Å²) in [6, 6.07) is 11.2. The molecule has 0 saturated carbocycles. The Hall–Kier alpha value is -3.77. The van der Waals surface area contributed by atoms with Crippen LogP contribution in [-0.4, -0.2) is 83.9 Å². The van der Waals surface area contributed by atoms with Crippen molar-refractivity contribution in [3.8, 4) is 0 Å². The fraction of sp³-hybridized carbons (Fsp3) is 0.273. The summed E-state index contributed by atoms with van der Waals surface area (Å²) in [7, 11) is -3.67. The van der Waals surface area contributed by atoms with Crippen molar-refractivity contribution in [1.29, 1.82) is 0 Å². The van der Waals surface area contributed by atoms with Gasteiger partial charge in [-0.1, -0.05) is 30.3 Å². The van der Waals surface area contributed by atoms with E-state index in [2.05, 4.69) is 0 Å². The number of benzene rings is 1. The number of sulfonamides is 1. The summed E-state index contributed by atoms with van der Waals surface area (Å²) < 4.78 is 31.6. The van der Waals surface area contributed by atoms with E-state index in [0.717, 1.165) is 15.9 Å². The number of hydrogen-bond acceptors (Lipinski definition) is 7. The first-order valence-electron chi connectivity index (χ1n) is 10.5. The normalized spacial score (nSPS) is 17.9. The molecule has 2 aromatic rings. The second-order valence-corrected chi connectivity index (χ2v) is 9.50. The summed E-state index contributed by atoms with van der Waals surface area (Å²) in [5, 5.41) is 1.13. The number of nitrogens with zero attached hydrogens (tertiary/aromatic N) is 4. The van der Waals surface area contributed by atoms with Gasteiger partial charge in [-0.05, 0) is 23.8 Å². The highest BCUT2D eigenvalue weighted by molar-refractivity contribution is 7.92. The molecular weight excluding hydrogens is 464 g/mol. The van der Waals surface area contributed by atoms with Crippen LogP contribution in [0.3, 0.4) is 0 Å². The molecule has 11 nitrogen and oxygen atoms in total. The Morgan fingerprint density at radius 3 is 2.24 bits per heavy atom. The van der Waals surface area contributed by atoms with Crippen molar-refractivity contribution in [2.24, 2.45) is 0 Å². The first kappa shape index (κ1) is 23.4. The second kappa shape index (κ2) is 9.61. The van der Waals surface area contributed by atoms with Gasteiger partial charge in [0, 0.05) is 31.6 Å². The standard InChI is InChI=1S/C22H22N4O7S/c27-19(16-26-21(29)20(28)25(22(26)30)15-18-7-4-13-33-18)23-9-11-24(12-10-23)34(31,32)14-8-17-5-2-1-3-6-17/h1-8,13-14H,9-12,15-16H2/b14-8+. The highest BCUT2D eigenvalue weighted by Gasteiger charge is 2.46. The zero-order valence-electron chi connectivity index (χ0n) is 18.1. The quantitative estimate of drug-likeness (QED) is 0.416. The third kappa shape index (κ3) is 4.92. The fourth-order valence-electron chi connectivity index (χ4n) is 3.63. The molecule has 178 valence electrons. The smallest absolute Gasteiger partial charge is 0.335 e. The van der Waals surface area contributed by atoms with Crippen LogP contribution in [0.2, 0.25) is 0 Å². The summed E-state index contributed by atoms with van der Waals surface area (Å²) >= 11 is 0. The number of rotatable bonds is 7. The molecule has 3 heterocycles. The Labute approximate surface area is 195 Å². The number of carbonyl (C=O) groups excluding carboxylic acids is 4. The monoisotopic (exact) mass is 486 g/mol. The van der Waals surface area contributed by atoms with Crippen molar-refractivity contribution >= 4 is 39.9 Å². The van der Waals surface area contributed by atoms with Crippen molar-refractivity contribution < 1.29 is 32.0 Å². The Bertz CT molecular complexity index is 1220. The average molecular weight is 487 g/mol. The molecule has 0 spiro atoms. The van der Waals surface area contributed by atoms with Gasteiger partial charge in [0.15, 0.2) is 0 Å². The lowest BCUT2D eigenvalue weighted by molar-refractivity contribution is -0.145. The maximum atomic E-state index is 12.7. The van der Waals surface area contributed by atoms with Gasteiger partial charge in [0.1, 0.15) is 12.3 Å². The van der Waals surface area contributed by atoms with E-state index < -0.39 is 40.3 Å². The van der Waals surface area contributed by atoms with Gasteiger partial charge in [-0.2, -0.15) is 4.31 Å². The van der Waals surface area contributed by atoms with Gasteiger partial charge in [0.05, 0.1) is 12.8 Å². The number of amides is 5. The van der Waals surface area contributed by atoms with Crippen molar-refractivity contribution in [2.45, 2.75) is 6.54 Å². The number of piperazine rings is 1. The van der Waals surface area contributed by atoms with E-state index in [-0.39, 0.29) is 32.7 Å². The lowest BCUT2D eigenvalue weighted by atomic mass is 10.2. The maximum absolute atomic E-state index is 12.7. The van der Waals surface area contributed by atoms with E-state index in [1.165, 1.54) is 21.5 Å². The van der Waals surface area contributed by atoms with E-state index >= 15 is 0 Å². The highest BCUT2D eigenvalue weighted by atomic mass is 32.2. The van der Waals surface area contributed by atoms with Crippen LogP contribution in [0.5, 0.6) is 0 Å². The molecule has 12 heteroatoms. The molecule has 34 heavy (non-hydrogen) atoms. The van der Waals surface area contributed by atoms with Crippen LogP contribution in [0.1, 0.15) is 11.3 Å². The van der Waals surface area contributed by atoms with Crippen molar-refractivity contribution in [3.05, 3.63) is 65.5 Å². The third-order valence-corrected chi connectivity index (χ3v) is 7.07. The molecule has 0 aliphatic carbocycles. The molecule has 5 amide bonds. The molecular formula is C22H22N4O7S. The first-order chi connectivity index (χ1) is 16.3. The molecule has 1 aromatic carbocycles. The SMILES string of the molecule is O=C(CN1C(=O)C(=O)N(Cc2ccco2)C1=O)N1CCN(S(=O)(=O)/C=C/c2ccccc2)CC1. The summed E-state index contributed by atoms with van der Waals surface area (Å²) in [4.78, 5) is 52.4. The van der Waals surface area contributed by atoms with E-state index in [1.54, 1.807) is 36.4 Å². The second-order valence-electron chi connectivity index (χ2n) is 7.68. The maximum Gasteiger partial charge on any atom is 0.335 e. The molecule has 2 saturated heterocycles.